The van der Waals surface area contributed by atoms with Crippen LogP contribution in [0.25, 0.3) is 0 Å². The van der Waals surface area contributed by atoms with Crippen molar-refractivity contribution in [2.45, 2.75) is 19.9 Å². The fourth-order valence-corrected chi connectivity index (χ4v) is 3.88. The lowest BCUT2D eigenvalue weighted by Crippen LogP contribution is -2.36. The molecular formula is C19H23ClN2O3S. The molecule has 0 saturated heterocycles. The normalized spacial score (nSPS) is 11.2. The summed E-state index contributed by atoms with van der Waals surface area (Å²) in [6.07, 6.45) is 1.20. The van der Waals surface area contributed by atoms with Crippen molar-refractivity contribution in [2.75, 3.05) is 23.7 Å². The standard InChI is InChI=1S/C19H23ClN2O3S/c1-3-21(15-16-9-5-4-6-10-16)19(23)13-14-22(26(2,24)25)18-12-8-7-11-17(18)20/h4-12H,3,13-15H2,1-2H3. The highest BCUT2D eigenvalue weighted by molar-refractivity contribution is 7.92. The minimum atomic E-state index is -3.55. The highest BCUT2D eigenvalue weighted by atomic mass is 35.5. The van der Waals surface area contributed by atoms with Crippen LogP contribution in [-0.2, 0) is 21.4 Å². The van der Waals surface area contributed by atoms with E-state index in [4.69, 9.17) is 11.6 Å². The highest BCUT2D eigenvalue weighted by Gasteiger charge is 2.22. The maximum atomic E-state index is 12.6. The maximum Gasteiger partial charge on any atom is 0.232 e. The SMILES string of the molecule is CCN(Cc1ccccc1)C(=O)CCN(c1ccccc1Cl)S(C)(=O)=O. The first kappa shape index (κ1) is 20.3. The molecule has 26 heavy (non-hydrogen) atoms. The Kier molecular flexibility index (Phi) is 7.06. The van der Waals surface area contributed by atoms with Gasteiger partial charge in [-0.2, -0.15) is 0 Å². The van der Waals surface area contributed by atoms with E-state index in [1.54, 1.807) is 29.2 Å². The second-order valence-corrected chi connectivity index (χ2v) is 8.24. The van der Waals surface area contributed by atoms with Gasteiger partial charge in [0.05, 0.1) is 17.0 Å². The lowest BCUT2D eigenvalue weighted by Gasteiger charge is -2.26. The van der Waals surface area contributed by atoms with Gasteiger partial charge in [0, 0.05) is 26.1 Å². The Bertz CT molecular complexity index is 841. The van der Waals surface area contributed by atoms with E-state index in [1.807, 2.05) is 37.3 Å². The molecule has 0 spiro atoms. The number of hydrogen-bond acceptors (Lipinski definition) is 3. The molecule has 1 amide bonds. The molecule has 0 aliphatic carbocycles. The molecule has 0 N–H and O–H groups in total. The van der Waals surface area contributed by atoms with Gasteiger partial charge in [0.15, 0.2) is 0 Å². The molecule has 140 valence electrons. The van der Waals surface area contributed by atoms with E-state index in [9.17, 15) is 13.2 Å². The zero-order valence-corrected chi connectivity index (χ0v) is 16.5. The van der Waals surface area contributed by atoms with E-state index in [0.717, 1.165) is 11.8 Å². The second-order valence-electron chi connectivity index (χ2n) is 5.93. The van der Waals surface area contributed by atoms with E-state index in [-0.39, 0.29) is 18.9 Å². The topological polar surface area (TPSA) is 57.7 Å². The van der Waals surface area contributed by atoms with Gasteiger partial charge in [-0.1, -0.05) is 54.1 Å². The Morgan fingerprint density at radius 3 is 2.23 bits per heavy atom. The molecule has 2 aromatic carbocycles. The van der Waals surface area contributed by atoms with Gasteiger partial charge in [-0.3, -0.25) is 9.10 Å². The van der Waals surface area contributed by atoms with Crippen LogP contribution in [0.3, 0.4) is 0 Å². The van der Waals surface area contributed by atoms with Gasteiger partial charge in [-0.25, -0.2) is 8.42 Å². The Hall–Kier alpha value is -2.05. The average Bonchev–Trinajstić information content (AvgIpc) is 2.61. The second kappa shape index (κ2) is 9.05. The smallest absolute Gasteiger partial charge is 0.232 e. The first-order valence-corrected chi connectivity index (χ1v) is 10.6. The van der Waals surface area contributed by atoms with E-state index in [0.29, 0.717) is 23.8 Å². The van der Waals surface area contributed by atoms with Crippen LogP contribution in [0.5, 0.6) is 0 Å². The van der Waals surface area contributed by atoms with Gasteiger partial charge in [0.25, 0.3) is 0 Å². The third kappa shape index (κ3) is 5.47. The zero-order valence-electron chi connectivity index (χ0n) is 14.9. The fourth-order valence-electron chi connectivity index (χ4n) is 2.65. The van der Waals surface area contributed by atoms with E-state index in [1.165, 1.54) is 4.31 Å². The van der Waals surface area contributed by atoms with Crippen LogP contribution >= 0.6 is 11.6 Å². The molecule has 0 unspecified atom stereocenters. The van der Waals surface area contributed by atoms with Gasteiger partial charge >= 0.3 is 0 Å². The Morgan fingerprint density at radius 2 is 1.65 bits per heavy atom. The van der Waals surface area contributed by atoms with Crippen LogP contribution in [0.2, 0.25) is 5.02 Å². The van der Waals surface area contributed by atoms with Crippen molar-refractivity contribution in [3.8, 4) is 0 Å². The van der Waals surface area contributed by atoms with Crippen LogP contribution < -0.4 is 4.31 Å². The molecule has 0 atom stereocenters. The number of para-hydroxylation sites is 1. The molecule has 0 aromatic heterocycles. The van der Waals surface area contributed by atoms with Crippen molar-refractivity contribution < 1.29 is 13.2 Å². The molecule has 0 aliphatic heterocycles. The third-order valence-electron chi connectivity index (χ3n) is 4.00. The number of rotatable bonds is 8. The number of amides is 1. The van der Waals surface area contributed by atoms with Gasteiger partial charge in [-0.05, 0) is 24.6 Å². The summed E-state index contributed by atoms with van der Waals surface area (Å²) in [5, 5.41) is 0.335. The van der Waals surface area contributed by atoms with Crippen LogP contribution in [0.15, 0.2) is 54.6 Å². The molecule has 0 aliphatic rings. The fraction of sp³-hybridized carbons (Fsp3) is 0.316. The van der Waals surface area contributed by atoms with E-state index in [2.05, 4.69) is 0 Å². The summed E-state index contributed by atoms with van der Waals surface area (Å²) in [5.41, 5.74) is 1.42. The summed E-state index contributed by atoms with van der Waals surface area (Å²) in [6.45, 7) is 3.01. The van der Waals surface area contributed by atoms with E-state index >= 15 is 0 Å². The predicted octanol–water partition coefficient (Wildman–Crippen LogP) is 3.54. The first-order valence-electron chi connectivity index (χ1n) is 8.37. The zero-order chi connectivity index (χ0) is 19.2. The predicted molar refractivity (Wildman–Crippen MR) is 106 cm³/mol. The number of benzene rings is 2. The van der Waals surface area contributed by atoms with Crippen LogP contribution in [0, 0.1) is 0 Å². The molecule has 0 saturated carbocycles. The summed E-state index contributed by atoms with van der Waals surface area (Å²) in [4.78, 5) is 14.3. The third-order valence-corrected chi connectivity index (χ3v) is 5.50. The largest absolute Gasteiger partial charge is 0.339 e. The number of sulfonamides is 1. The van der Waals surface area contributed by atoms with Crippen LogP contribution in [0.1, 0.15) is 18.9 Å². The highest BCUT2D eigenvalue weighted by Crippen LogP contribution is 2.27. The van der Waals surface area contributed by atoms with Gasteiger partial charge < -0.3 is 4.90 Å². The molecule has 5 nitrogen and oxygen atoms in total. The number of anilines is 1. The summed E-state index contributed by atoms with van der Waals surface area (Å²) >= 11 is 6.14. The van der Waals surface area contributed by atoms with Crippen molar-refractivity contribution in [3.05, 3.63) is 65.2 Å². The van der Waals surface area contributed by atoms with Gasteiger partial charge in [0.2, 0.25) is 15.9 Å². The monoisotopic (exact) mass is 394 g/mol. The summed E-state index contributed by atoms with van der Waals surface area (Å²) in [7, 11) is -3.55. The maximum absolute atomic E-state index is 12.6. The number of carbonyl (C=O) groups excluding carboxylic acids is 1. The average molecular weight is 395 g/mol. The molecule has 0 radical (unpaired) electrons. The molecule has 2 aromatic rings. The van der Waals surface area contributed by atoms with Crippen molar-refractivity contribution in [3.63, 3.8) is 0 Å². The Balaban J connectivity index is 2.10. The van der Waals surface area contributed by atoms with Crippen molar-refractivity contribution >= 4 is 33.2 Å². The molecule has 0 bridgehead atoms. The minimum absolute atomic E-state index is 0.0483. The summed E-state index contributed by atoms with van der Waals surface area (Å²) < 4.78 is 25.5. The van der Waals surface area contributed by atoms with Gasteiger partial charge in [0.1, 0.15) is 0 Å². The molecule has 0 heterocycles. The summed E-state index contributed by atoms with van der Waals surface area (Å²) in [6, 6.07) is 16.4. The van der Waals surface area contributed by atoms with Crippen LogP contribution in [0.4, 0.5) is 5.69 Å². The van der Waals surface area contributed by atoms with Crippen molar-refractivity contribution in [1.29, 1.82) is 0 Å². The lowest BCUT2D eigenvalue weighted by atomic mass is 10.2. The molecule has 7 heteroatoms. The summed E-state index contributed by atoms with van der Waals surface area (Å²) in [5.74, 6) is -0.0999. The number of carbonyl (C=O) groups is 1. The number of hydrogen-bond donors (Lipinski definition) is 0. The Labute approximate surface area is 160 Å². The molecule has 2 rings (SSSR count). The van der Waals surface area contributed by atoms with Crippen LogP contribution in [-0.4, -0.2) is 38.6 Å². The Morgan fingerprint density at radius 1 is 1.04 bits per heavy atom. The number of halogens is 1. The van der Waals surface area contributed by atoms with E-state index < -0.39 is 10.0 Å². The molecular weight excluding hydrogens is 372 g/mol. The first-order chi connectivity index (χ1) is 12.3. The van der Waals surface area contributed by atoms with Crippen molar-refractivity contribution in [1.82, 2.24) is 4.90 Å². The van der Waals surface area contributed by atoms with Gasteiger partial charge in [-0.15, -0.1) is 0 Å². The van der Waals surface area contributed by atoms with Crippen molar-refractivity contribution in [2.24, 2.45) is 0 Å². The molecule has 0 fully saturated rings. The lowest BCUT2D eigenvalue weighted by molar-refractivity contribution is -0.131. The number of nitrogens with zero attached hydrogens (tertiary/aromatic N) is 2. The minimum Gasteiger partial charge on any atom is -0.339 e. The quantitative estimate of drug-likeness (QED) is 0.688.